The molecule has 0 heterocycles. The van der Waals surface area contributed by atoms with Gasteiger partial charge in [0.1, 0.15) is 0 Å². The highest BCUT2D eigenvalue weighted by molar-refractivity contribution is 5.92. The number of nitrogens with zero attached hydrogens (tertiary/aromatic N) is 2. The summed E-state index contributed by atoms with van der Waals surface area (Å²) >= 11 is 0. The number of carbonyl (C=O) groups is 3. The summed E-state index contributed by atoms with van der Waals surface area (Å²) in [5, 5.41) is 3.77. The number of hydroxylamine groups is 2. The van der Waals surface area contributed by atoms with E-state index in [1.54, 1.807) is 14.1 Å². The summed E-state index contributed by atoms with van der Waals surface area (Å²) in [6.07, 6.45) is 0.939. The van der Waals surface area contributed by atoms with Crippen molar-refractivity contribution in [3.05, 3.63) is 71.8 Å². The predicted octanol–water partition coefficient (Wildman–Crippen LogP) is 2.11. The zero-order valence-electron chi connectivity index (χ0n) is 20.0. The molecule has 0 saturated carbocycles. The predicted molar refractivity (Wildman–Crippen MR) is 128 cm³/mol. The Bertz CT molecular complexity index is 908. The lowest BCUT2D eigenvalue weighted by Gasteiger charge is -2.24. The Kier molecular flexibility index (Phi) is 11.2. The molecule has 0 saturated heterocycles. The summed E-state index contributed by atoms with van der Waals surface area (Å²) in [6.45, 7) is 0.118. The molecule has 2 rings (SSSR count). The fraction of sp³-hybridized carbons (Fsp3) is 0.400. The molecule has 0 bridgehead atoms. The van der Waals surface area contributed by atoms with E-state index in [9.17, 15) is 14.4 Å². The van der Waals surface area contributed by atoms with E-state index < -0.39 is 11.9 Å². The van der Waals surface area contributed by atoms with Crippen LogP contribution in [-0.2, 0) is 32.0 Å². The Hall–Kier alpha value is -3.27. The molecule has 0 spiro atoms. The number of benzene rings is 2. The highest BCUT2D eigenvalue weighted by atomic mass is 16.7. The molecule has 2 aromatic carbocycles. The summed E-state index contributed by atoms with van der Waals surface area (Å²) in [6, 6.07) is 18.1. The molecule has 184 valence electrons. The molecule has 0 aliphatic carbocycles. The summed E-state index contributed by atoms with van der Waals surface area (Å²) in [5.41, 5.74) is 7.30. The summed E-state index contributed by atoms with van der Waals surface area (Å²) < 4.78 is 6.04. The van der Waals surface area contributed by atoms with E-state index in [0.29, 0.717) is 17.9 Å². The highest BCUT2D eigenvalue weighted by Gasteiger charge is 2.24. The number of imide groups is 1. The van der Waals surface area contributed by atoms with Gasteiger partial charge in [0.25, 0.3) is 5.91 Å². The number of primary amides is 1. The Morgan fingerprint density at radius 3 is 1.94 bits per heavy atom. The van der Waals surface area contributed by atoms with Gasteiger partial charge >= 0.3 is 6.03 Å². The number of nitrogens with two attached hydrogens (primary N) is 1. The van der Waals surface area contributed by atoms with Crippen molar-refractivity contribution < 1.29 is 24.0 Å². The molecule has 0 aliphatic rings. The maximum atomic E-state index is 12.5. The first-order valence-corrected chi connectivity index (χ1v) is 11.1. The van der Waals surface area contributed by atoms with Gasteiger partial charge in [0.2, 0.25) is 5.91 Å². The van der Waals surface area contributed by atoms with Crippen LogP contribution < -0.4 is 11.1 Å². The smallest absolute Gasteiger partial charge is 0.346 e. The van der Waals surface area contributed by atoms with Gasteiger partial charge in [-0.3, -0.25) is 19.7 Å². The third-order valence-electron chi connectivity index (χ3n) is 5.25. The SMILES string of the molecule is CON(C(N)=O)C(=O)C[C@H](Cc1ccccc1)NCO[C@H](CC(=O)N(C)C)Cc1ccccc1. The number of rotatable bonds is 13. The molecule has 9 nitrogen and oxygen atoms in total. The molecule has 2 aromatic rings. The van der Waals surface area contributed by atoms with Gasteiger partial charge < -0.3 is 15.4 Å². The van der Waals surface area contributed by atoms with E-state index in [1.807, 2.05) is 60.7 Å². The number of carbonyl (C=O) groups excluding carboxylic acids is 3. The minimum atomic E-state index is -0.979. The van der Waals surface area contributed by atoms with Gasteiger partial charge in [0.05, 0.1) is 26.4 Å². The maximum Gasteiger partial charge on any atom is 0.346 e. The van der Waals surface area contributed by atoms with Crippen molar-refractivity contribution in [1.29, 1.82) is 0 Å². The van der Waals surface area contributed by atoms with Crippen LogP contribution in [0.5, 0.6) is 0 Å². The Morgan fingerprint density at radius 2 is 1.44 bits per heavy atom. The van der Waals surface area contributed by atoms with Gasteiger partial charge in [-0.25, -0.2) is 4.79 Å². The van der Waals surface area contributed by atoms with E-state index in [-0.39, 0.29) is 37.6 Å². The molecular weight excluding hydrogens is 436 g/mol. The number of amides is 4. The summed E-state index contributed by atoms with van der Waals surface area (Å²) in [4.78, 5) is 42.7. The molecule has 3 N–H and O–H groups in total. The van der Waals surface area contributed by atoms with Gasteiger partial charge in [-0.2, -0.15) is 0 Å². The van der Waals surface area contributed by atoms with Crippen molar-refractivity contribution in [3.63, 3.8) is 0 Å². The van der Waals surface area contributed by atoms with Crippen LogP contribution in [0.2, 0.25) is 0 Å². The number of nitrogens with one attached hydrogen (secondary N) is 1. The Labute approximate surface area is 200 Å². The van der Waals surface area contributed by atoms with E-state index >= 15 is 0 Å². The monoisotopic (exact) mass is 470 g/mol. The van der Waals surface area contributed by atoms with Crippen LogP contribution in [0.3, 0.4) is 0 Å². The number of ether oxygens (including phenoxy) is 1. The molecule has 0 unspecified atom stereocenters. The zero-order valence-corrected chi connectivity index (χ0v) is 20.0. The standard InChI is InChI=1S/C25H34N4O5/c1-28(2)23(30)17-22(15-20-12-8-5-9-13-20)34-18-27-21(14-19-10-6-4-7-11-19)16-24(31)29(33-3)25(26)32/h4-13,21-22,27H,14-18H2,1-3H3,(H2,26,32)/t21-,22-/m0/s1. The van der Waals surface area contributed by atoms with Crippen LogP contribution in [0.25, 0.3) is 0 Å². The minimum absolute atomic E-state index is 0.0327. The topological polar surface area (TPSA) is 114 Å². The van der Waals surface area contributed by atoms with Gasteiger partial charge in [0.15, 0.2) is 0 Å². The fourth-order valence-corrected chi connectivity index (χ4v) is 3.45. The molecule has 2 atom stereocenters. The Morgan fingerprint density at radius 1 is 0.882 bits per heavy atom. The van der Waals surface area contributed by atoms with Crippen LogP contribution in [0.1, 0.15) is 24.0 Å². The second-order valence-electron chi connectivity index (χ2n) is 8.12. The lowest BCUT2D eigenvalue weighted by atomic mass is 10.0. The fourth-order valence-electron chi connectivity index (χ4n) is 3.45. The Balaban J connectivity index is 2.06. The second kappa shape index (κ2) is 14.1. The van der Waals surface area contributed by atoms with Crippen LogP contribution in [0, 0.1) is 0 Å². The van der Waals surface area contributed by atoms with E-state index in [4.69, 9.17) is 15.3 Å². The first kappa shape index (κ1) is 27.0. The number of hydrogen-bond donors (Lipinski definition) is 2. The lowest BCUT2D eigenvalue weighted by Crippen LogP contribution is -2.44. The van der Waals surface area contributed by atoms with Gasteiger partial charge in [-0.05, 0) is 24.0 Å². The molecule has 4 amide bonds. The summed E-state index contributed by atoms with van der Waals surface area (Å²) in [7, 11) is 4.63. The third-order valence-corrected chi connectivity index (χ3v) is 5.25. The van der Waals surface area contributed by atoms with Crippen molar-refractivity contribution in [2.24, 2.45) is 5.73 Å². The number of urea groups is 1. The van der Waals surface area contributed by atoms with Gasteiger partial charge in [0, 0.05) is 26.6 Å². The van der Waals surface area contributed by atoms with E-state index in [1.165, 1.54) is 12.0 Å². The van der Waals surface area contributed by atoms with Crippen molar-refractivity contribution in [1.82, 2.24) is 15.3 Å². The van der Waals surface area contributed by atoms with Crippen LogP contribution in [0.15, 0.2) is 60.7 Å². The third kappa shape index (κ3) is 9.30. The molecule has 0 aromatic heterocycles. The van der Waals surface area contributed by atoms with Crippen molar-refractivity contribution in [2.45, 2.75) is 37.8 Å². The molecule has 9 heteroatoms. The molecule has 34 heavy (non-hydrogen) atoms. The average molecular weight is 471 g/mol. The van der Waals surface area contributed by atoms with Crippen molar-refractivity contribution >= 4 is 17.8 Å². The highest BCUT2D eigenvalue weighted by Crippen LogP contribution is 2.12. The second-order valence-corrected chi connectivity index (χ2v) is 8.12. The lowest BCUT2D eigenvalue weighted by molar-refractivity contribution is -0.160. The van der Waals surface area contributed by atoms with Gasteiger partial charge in [-0.1, -0.05) is 60.7 Å². The van der Waals surface area contributed by atoms with Crippen LogP contribution in [0.4, 0.5) is 4.79 Å². The van der Waals surface area contributed by atoms with Crippen molar-refractivity contribution in [3.8, 4) is 0 Å². The normalized spacial score (nSPS) is 12.6. The first-order valence-electron chi connectivity index (χ1n) is 11.1. The summed E-state index contributed by atoms with van der Waals surface area (Å²) in [5.74, 6) is -0.596. The zero-order chi connectivity index (χ0) is 24.9. The van der Waals surface area contributed by atoms with E-state index in [0.717, 1.165) is 11.1 Å². The quantitative estimate of drug-likeness (QED) is 0.342. The largest absolute Gasteiger partial charge is 0.362 e. The van der Waals surface area contributed by atoms with E-state index in [2.05, 4.69) is 5.32 Å². The molecule has 0 radical (unpaired) electrons. The number of hydrogen-bond acceptors (Lipinski definition) is 6. The average Bonchev–Trinajstić information content (AvgIpc) is 2.80. The van der Waals surface area contributed by atoms with Crippen LogP contribution in [-0.4, -0.2) is 67.9 Å². The van der Waals surface area contributed by atoms with Crippen LogP contribution >= 0.6 is 0 Å². The van der Waals surface area contributed by atoms with Gasteiger partial charge in [-0.15, -0.1) is 5.06 Å². The molecular formula is C25H34N4O5. The first-order chi connectivity index (χ1) is 16.3. The minimum Gasteiger partial charge on any atom is -0.362 e. The molecule has 0 fully saturated rings. The molecule has 0 aliphatic heterocycles. The maximum absolute atomic E-state index is 12.5. The van der Waals surface area contributed by atoms with Crippen molar-refractivity contribution in [2.75, 3.05) is 27.9 Å².